The zero-order valence-corrected chi connectivity index (χ0v) is 17.3. The number of anilines is 1. The molecule has 2 aliphatic rings. The molecule has 0 N–H and O–H groups in total. The first-order valence-corrected chi connectivity index (χ1v) is 10.6. The minimum absolute atomic E-state index is 0.168. The molecule has 5 heterocycles. The Kier molecular flexibility index (Phi) is 5.08. The normalized spacial score (nSPS) is 20.4. The smallest absolute Gasteiger partial charge is 0.255 e. The first kappa shape index (κ1) is 19.0. The molecule has 156 valence electrons. The van der Waals surface area contributed by atoms with Crippen molar-refractivity contribution < 1.29 is 0 Å². The van der Waals surface area contributed by atoms with E-state index in [0.29, 0.717) is 18.4 Å². The van der Waals surface area contributed by atoms with Gasteiger partial charge in [-0.3, -0.25) is 4.79 Å². The highest BCUT2D eigenvalue weighted by atomic mass is 16.1. The van der Waals surface area contributed by atoms with Crippen LogP contribution in [-0.2, 0) is 19.6 Å². The van der Waals surface area contributed by atoms with Gasteiger partial charge < -0.3 is 18.9 Å². The summed E-state index contributed by atoms with van der Waals surface area (Å²) in [5.74, 6) is 1.59. The maximum Gasteiger partial charge on any atom is 0.255 e. The van der Waals surface area contributed by atoms with E-state index < -0.39 is 0 Å². The van der Waals surface area contributed by atoms with Gasteiger partial charge in [0.05, 0.1) is 6.33 Å². The van der Waals surface area contributed by atoms with Crippen LogP contribution in [0.3, 0.4) is 0 Å². The summed E-state index contributed by atoms with van der Waals surface area (Å²) in [6.45, 7) is 4.94. The molecule has 1 saturated heterocycles. The van der Waals surface area contributed by atoms with Crippen LogP contribution < -0.4 is 10.5 Å². The maximum atomic E-state index is 13.2. The van der Waals surface area contributed by atoms with Gasteiger partial charge in [-0.2, -0.15) is 0 Å². The zero-order chi connectivity index (χ0) is 20.5. The Hall–Kier alpha value is -3.00. The van der Waals surface area contributed by atoms with E-state index in [-0.39, 0.29) is 5.56 Å². The number of imidazole rings is 1. The highest BCUT2D eigenvalue weighted by Gasteiger charge is 2.35. The first-order chi connectivity index (χ1) is 14.7. The van der Waals surface area contributed by atoms with Crippen molar-refractivity contribution in [3.8, 4) is 0 Å². The van der Waals surface area contributed by atoms with E-state index in [2.05, 4.69) is 42.4 Å². The highest BCUT2D eigenvalue weighted by molar-refractivity contribution is 5.34. The maximum absolute atomic E-state index is 13.2. The Bertz CT molecular complexity index is 1050. The van der Waals surface area contributed by atoms with Crippen molar-refractivity contribution in [2.45, 2.75) is 32.0 Å². The summed E-state index contributed by atoms with van der Waals surface area (Å²) >= 11 is 0. The number of rotatable bonds is 6. The van der Waals surface area contributed by atoms with Gasteiger partial charge in [-0.25, -0.2) is 15.0 Å². The minimum Gasteiger partial charge on any atom is -0.340 e. The molecule has 8 nitrogen and oxygen atoms in total. The van der Waals surface area contributed by atoms with Crippen LogP contribution in [0.15, 0.2) is 54.1 Å². The van der Waals surface area contributed by atoms with Crippen LogP contribution in [0.25, 0.3) is 0 Å². The monoisotopic (exact) mass is 405 g/mol. The standard InChI is InChI=1S/C22H27N7O/c1-26(9-10-27-8-7-23-16-27)14-18-3-4-20-19-11-17(13-29(20)21(18)30)12-28(15-19)22-24-5-2-6-25-22/h2-8,16-17,19H,9-15H2,1H3/t17-,19+/m0/s1. The summed E-state index contributed by atoms with van der Waals surface area (Å²) in [6, 6.07) is 6.04. The van der Waals surface area contributed by atoms with E-state index in [9.17, 15) is 4.79 Å². The summed E-state index contributed by atoms with van der Waals surface area (Å²) < 4.78 is 4.08. The SMILES string of the molecule is CN(CCn1ccnc1)Cc1ccc2n(c1=O)C[C@H]1C[C@@H]2CN(c2ncccn2)C1. The van der Waals surface area contributed by atoms with Crippen molar-refractivity contribution >= 4 is 5.95 Å². The molecule has 3 aromatic rings. The lowest BCUT2D eigenvalue weighted by Crippen LogP contribution is -2.48. The van der Waals surface area contributed by atoms with Crippen LogP contribution in [-0.4, -0.2) is 55.7 Å². The predicted molar refractivity (Wildman–Crippen MR) is 114 cm³/mol. The summed E-state index contributed by atoms with van der Waals surface area (Å²) in [5, 5.41) is 0. The molecule has 0 spiro atoms. The van der Waals surface area contributed by atoms with Gasteiger partial charge in [-0.15, -0.1) is 0 Å². The third-order valence-corrected chi connectivity index (χ3v) is 6.26. The number of fused-ring (bicyclic) bond motifs is 4. The predicted octanol–water partition coefficient (Wildman–Crippen LogP) is 1.59. The van der Waals surface area contributed by atoms with E-state index in [0.717, 1.165) is 56.4 Å². The summed E-state index contributed by atoms with van der Waals surface area (Å²) in [4.78, 5) is 30.6. The molecular formula is C22H27N7O. The molecule has 0 amide bonds. The molecule has 0 aliphatic carbocycles. The Balaban J connectivity index is 1.31. The van der Waals surface area contributed by atoms with Crippen LogP contribution in [0.4, 0.5) is 5.95 Å². The van der Waals surface area contributed by atoms with Gasteiger partial charge in [-0.05, 0) is 31.5 Å². The van der Waals surface area contributed by atoms with Crippen molar-refractivity contribution in [1.82, 2.24) is 29.0 Å². The van der Waals surface area contributed by atoms with Crippen molar-refractivity contribution in [2.24, 2.45) is 5.92 Å². The number of aromatic nitrogens is 5. The molecule has 2 aliphatic heterocycles. The number of hydrogen-bond acceptors (Lipinski definition) is 6. The van der Waals surface area contributed by atoms with E-state index in [1.54, 1.807) is 18.6 Å². The molecule has 0 aromatic carbocycles. The Morgan fingerprint density at radius 2 is 2.00 bits per heavy atom. The van der Waals surface area contributed by atoms with Crippen molar-refractivity contribution in [3.63, 3.8) is 0 Å². The van der Waals surface area contributed by atoms with Crippen LogP contribution in [0.1, 0.15) is 23.6 Å². The molecule has 3 aromatic heterocycles. The van der Waals surface area contributed by atoms with Crippen LogP contribution in [0, 0.1) is 5.92 Å². The molecule has 5 rings (SSSR count). The molecule has 0 unspecified atom stereocenters. The number of hydrogen-bond donors (Lipinski definition) is 0. The minimum atomic E-state index is 0.168. The largest absolute Gasteiger partial charge is 0.340 e. The molecule has 1 fully saturated rings. The van der Waals surface area contributed by atoms with Gasteiger partial charge in [0.15, 0.2) is 0 Å². The summed E-state index contributed by atoms with van der Waals surface area (Å²) in [7, 11) is 2.06. The second kappa shape index (κ2) is 8.02. The number of pyridine rings is 1. The molecule has 30 heavy (non-hydrogen) atoms. The first-order valence-electron chi connectivity index (χ1n) is 10.6. The second-order valence-corrected chi connectivity index (χ2v) is 8.49. The third kappa shape index (κ3) is 3.75. The van der Waals surface area contributed by atoms with Gasteiger partial charge in [0.2, 0.25) is 5.95 Å². The molecule has 2 atom stereocenters. The van der Waals surface area contributed by atoms with E-state index in [1.165, 1.54) is 0 Å². The molecule has 0 saturated carbocycles. The fraction of sp³-hybridized carbons (Fsp3) is 0.455. The fourth-order valence-corrected chi connectivity index (χ4v) is 4.80. The van der Waals surface area contributed by atoms with Gasteiger partial charge in [0, 0.05) is 81.2 Å². The van der Waals surface area contributed by atoms with E-state index in [4.69, 9.17) is 0 Å². The lowest BCUT2D eigenvalue weighted by molar-refractivity contribution is 0.274. The Morgan fingerprint density at radius 1 is 1.13 bits per heavy atom. The van der Waals surface area contributed by atoms with Crippen LogP contribution in [0.5, 0.6) is 0 Å². The quantitative estimate of drug-likeness (QED) is 0.620. The van der Waals surface area contributed by atoms with Gasteiger partial charge in [0.1, 0.15) is 0 Å². The van der Waals surface area contributed by atoms with Gasteiger partial charge >= 0.3 is 0 Å². The van der Waals surface area contributed by atoms with E-state index >= 15 is 0 Å². The molecule has 0 radical (unpaired) electrons. The second-order valence-electron chi connectivity index (χ2n) is 8.49. The Labute approximate surface area is 175 Å². The topological polar surface area (TPSA) is 72.1 Å². The highest BCUT2D eigenvalue weighted by Crippen LogP contribution is 2.36. The molecular weight excluding hydrogens is 378 g/mol. The number of piperidine rings is 1. The third-order valence-electron chi connectivity index (χ3n) is 6.26. The average molecular weight is 406 g/mol. The lowest BCUT2D eigenvalue weighted by atomic mass is 9.83. The van der Waals surface area contributed by atoms with Crippen molar-refractivity contribution in [3.05, 3.63) is 70.9 Å². The summed E-state index contributed by atoms with van der Waals surface area (Å²) in [6.07, 6.45) is 10.3. The zero-order valence-electron chi connectivity index (χ0n) is 17.3. The van der Waals surface area contributed by atoms with Crippen LogP contribution >= 0.6 is 0 Å². The van der Waals surface area contributed by atoms with Gasteiger partial charge in [0.25, 0.3) is 5.56 Å². The van der Waals surface area contributed by atoms with Crippen molar-refractivity contribution in [2.75, 3.05) is 31.6 Å². The van der Waals surface area contributed by atoms with Crippen LogP contribution in [0.2, 0.25) is 0 Å². The summed E-state index contributed by atoms with van der Waals surface area (Å²) in [5.41, 5.74) is 2.19. The average Bonchev–Trinajstić information content (AvgIpc) is 3.29. The Morgan fingerprint density at radius 3 is 2.80 bits per heavy atom. The fourth-order valence-electron chi connectivity index (χ4n) is 4.80. The lowest BCUT2D eigenvalue weighted by Gasteiger charge is -2.42. The van der Waals surface area contributed by atoms with Gasteiger partial charge in [-0.1, -0.05) is 6.07 Å². The molecule has 2 bridgehead atoms. The van der Waals surface area contributed by atoms with E-state index in [1.807, 2.05) is 29.2 Å². The number of nitrogens with zero attached hydrogens (tertiary/aromatic N) is 7. The molecule has 8 heteroatoms. The number of likely N-dealkylation sites (N-methyl/N-ethyl adjacent to an activating group) is 1. The van der Waals surface area contributed by atoms with Crippen molar-refractivity contribution in [1.29, 1.82) is 0 Å².